The molecule has 1 N–H and O–H groups in total. The van der Waals surface area contributed by atoms with Crippen LogP contribution in [-0.2, 0) is 16.9 Å². The molecule has 7 nitrogen and oxygen atoms in total. The lowest BCUT2D eigenvalue weighted by atomic mass is 9.91. The van der Waals surface area contributed by atoms with E-state index in [0.717, 1.165) is 23.1 Å². The third-order valence-electron chi connectivity index (χ3n) is 4.26. The number of nitro benzene ring substituents is 1. The Labute approximate surface area is 146 Å². The molecule has 3 amide bonds. The Hall–Kier alpha value is -3.36. The number of urea groups is 1. The second-order valence-electron chi connectivity index (χ2n) is 5.96. The Kier molecular flexibility index (Phi) is 4.15. The van der Waals surface area contributed by atoms with E-state index in [4.69, 9.17) is 0 Å². The van der Waals surface area contributed by atoms with Crippen molar-refractivity contribution >= 4 is 17.6 Å². The van der Waals surface area contributed by atoms with Crippen LogP contribution in [0.3, 0.4) is 0 Å². The summed E-state index contributed by atoms with van der Waals surface area (Å²) in [6, 6.07) is 7.40. The summed E-state index contributed by atoms with van der Waals surface area (Å²) in [5.74, 6) is -2.44. The highest BCUT2D eigenvalue weighted by Gasteiger charge is 2.50. The van der Waals surface area contributed by atoms with Gasteiger partial charge in [-0.05, 0) is 25.1 Å². The van der Waals surface area contributed by atoms with Crippen LogP contribution in [0, 0.1) is 21.7 Å². The Morgan fingerprint density at radius 3 is 2.58 bits per heavy atom. The Bertz CT molecular complexity index is 934. The minimum absolute atomic E-state index is 0.143. The van der Waals surface area contributed by atoms with E-state index in [-0.39, 0.29) is 23.4 Å². The lowest BCUT2D eigenvalue weighted by Crippen LogP contribution is -2.41. The largest absolute Gasteiger partial charge is 0.325 e. The first kappa shape index (κ1) is 17.5. The fraction of sp³-hybridized carbons (Fsp3) is 0.176. The minimum atomic E-state index is -1.81. The van der Waals surface area contributed by atoms with Gasteiger partial charge in [0, 0.05) is 17.2 Å². The number of nitrogens with one attached hydrogen (secondary N) is 1. The van der Waals surface area contributed by atoms with Crippen molar-refractivity contribution in [2.75, 3.05) is 0 Å². The molecule has 26 heavy (non-hydrogen) atoms. The number of para-hydroxylation sites is 1. The topological polar surface area (TPSA) is 92.6 Å². The highest BCUT2D eigenvalue weighted by molar-refractivity contribution is 6.07. The monoisotopic (exact) mass is 361 g/mol. The summed E-state index contributed by atoms with van der Waals surface area (Å²) in [7, 11) is 0. The molecule has 0 saturated carbocycles. The summed E-state index contributed by atoms with van der Waals surface area (Å²) >= 11 is 0. The van der Waals surface area contributed by atoms with Crippen LogP contribution in [0.1, 0.15) is 18.1 Å². The zero-order valence-corrected chi connectivity index (χ0v) is 13.5. The number of imide groups is 1. The van der Waals surface area contributed by atoms with Crippen LogP contribution in [0.5, 0.6) is 0 Å². The molecule has 0 radical (unpaired) electrons. The second-order valence-corrected chi connectivity index (χ2v) is 5.96. The Balaban J connectivity index is 1.97. The smallest absolute Gasteiger partial charge is 0.319 e. The summed E-state index contributed by atoms with van der Waals surface area (Å²) in [6.07, 6.45) is 0. The van der Waals surface area contributed by atoms with E-state index < -0.39 is 34.0 Å². The van der Waals surface area contributed by atoms with Crippen LogP contribution in [0.4, 0.5) is 19.3 Å². The van der Waals surface area contributed by atoms with Gasteiger partial charge in [-0.1, -0.05) is 18.2 Å². The van der Waals surface area contributed by atoms with Crippen LogP contribution < -0.4 is 5.32 Å². The molecule has 0 unspecified atom stereocenters. The number of nitrogens with zero attached hydrogens (tertiary/aromatic N) is 2. The standard InChI is InChI=1S/C17H13F2N3O4/c1-17(12-8-11(18)6-7-13(12)19)15(23)21(16(24)20-17)9-10-4-2-3-5-14(10)22(25)26/h2-8H,9H2,1H3,(H,20,24)/t17-/m1/s1. The van der Waals surface area contributed by atoms with Crippen molar-refractivity contribution in [2.45, 2.75) is 19.0 Å². The molecule has 1 fully saturated rings. The first-order valence-electron chi connectivity index (χ1n) is 7.56. The van der Waals surface area contributed by atoms with E-state index in [1.54, 1.807) is 0 Å². The number of halogens is 2. The Morgan fingerprint density at radius 2 is 1.88 bits per heavy atom. The number of carbonyl (C=O) groups excluding carboxylic acids is 2. The normalized spacial score (nSPS) is 19.6. The lowest BCUT2D eigenvalue weighted by molar-refractivity contribution is -0.385. The molecular weight excluding hydrogens is 348 g/mol. The fourth-order valence-corrected chi connectivity index (χ4v) is 2.90. The number of nitro groups is 1. The van der Waals surface area contributed by atoms with Gasteiger partial charge in [0.2, 0.25) is 0 Å². The van der Waals surface area contributed by atoms with Crippen molar-refractivity contribution in [1.29, 1.82) is 0 Å². The van der Waals surface area contributed by atoms with E-state index in [9.17, 15) is 28.5 Å². The van der Waals surface area contributed by atoms with Gasteiger partial charge in [0.05, 0.1) is 11.5 Å². The molecule has 0 aliphatic carbocycles. The molecule has 1 atom stereocenters. The van der Waals surface area contributed by atoms with Gasteiger partial charge in [-0.2, -0.15) is 0 Å². The molecule has 2 aromatic rings. The molecule has 134 valence electrons. The van der Waals surface area contributed by atoms with Crippen molar-refractivity contribution in [3.8, 4) is 0 Å². The van der Waals surface area contributed by atoms with Crippen LogP contribution >= 0.6 is 0 Å². The summed E-state index contributed by atoms with van der Waals surface area (Å²) in [5, 5.41) is 13.4. The van der Waals surface area contributed by atoms with E-state index in [1.807, 2.05) is 0 Å². The molecule has 1 saturated heterocycles. The quantitative estimate of drug-likeness (QED) is 0.515. The second kappa shape index (κ2) is 6.17. The van der Waals surface area contributed by atoms with Crippen molar-refractivity contribution in [2.24, 2.45) is 0 Å². The van der Waals surface area contributed by atoms with Gasteiger partial charge in [-0.25, -0.2) is 13.6 Å². The van der Waals surface area contributed by atoms with Crippen molar-refractivity contribution < 1.29 is 23.3 Å². The van der Waals surface area contributed by atoms with Gasteiger partial charge in [0.25, 0.3) is 11.6 Å². The first-order chi connectivity index (χ1) is 12.2. The highest BCUT2D eigenvalue weighted by atomic mass is 19.1. The molecule has 3 rings (SSSR count). The van der Waals surface area contributed by atoms with E-state index in [0.29, 0.717) is 0 Å². The predicted molar refractivity (Wildman–Crippen MR) is 85.9 cm³/mol. The first-order valence-corrected chi connectivity index (χ1v) is 7.56. The van der Waals surface area contributed by atoms with Crippen LogP contribution in [0.25, 0.3) is 0 Å². The number of hydrogen-bond acceptors (Lipinski definition) is 4. The zero-order valence-electron chi connectivity index (χ0n) is 13.5. The van der Waals surface area contributed by atoms with Gasteiger partial charge in [-0.15, -0.1) is 0 Å². The summed E-state index contributed by atoms with van der Waals surface area (Å²) in [5.41, 5.74) is -2.24. The highest BCUT2D eigenvalue weighted by Crippen LogP contribution is 2.32. The third kappa shape index (κ3) is 2.77. The predicted octanol–water partition coefficient (Wildman–Crippen LogP) is 2.84. The molecule has 1 heterocycles. The maximum atomic E-state index is 14.1. The summed E-state index contributed by atoms with van der Waals surface area (Å²) < 4.78 is 27.6. The molecule has 9 heteroatoms. The number of hydrogen-bond donors (Lipinski definition) is 1. The van der Waals surface area contributed by atoms with Crippen molar-refractivity contribution in [3.05, 3.63) is 75.3 Å². The number of rotatable bonds is 4. The number of amides is 3. The Morgan fingerprint density at radius 1 is 1.19 bits per heavy atom. The maximum absolute atomic E-state index is 14.1. The lowest BCUT2D eigenvalue weighted by Gasteiger charge is -2.22. The molecular formula is C17H13F2N3O4. The van der Waals surface area contributed by atoms with Gasteiger partial charge < -0.3 is 5.32 Å². The molecule has 2 aromatic carbocycles. The molecule has 0 aromatic heterocycles. The molecule has 1 aliphatic rings. The van der Waals surface area contributed by atoms with Crippen LogP contribution in [0.2, 0.25) is 0 Å². The summed E-state index contributed by atoms with van der Waals surface area (Å²) in [4.78, 5) is 36.3. The number of benzene rings is 2. The average Bonchev–Trinajstić information content (AvgIpc) is 2.81. The van der Waals surface area contributed by atoms with E-state index in [1.165, 1.54) is 31.2 Å². The zero-order chi connectivity index (χ0) is 19.1. The van der Waals surface area contributed by atoms with E-state index in [2.05, 4.69) is 5.32 Å². The third-order valence-corrected chi connectivity index (χ3v) is 4.26. The van der Waals surface area contributed by atoms with Crippen molar-refractivity contribution in [1.82, 2.24) is 10.2 Å². The molecule has 1 aliphatic heterocycles. The summed E-state index contributed by atoms with van der Waals surface area (Å²) in [6.45, 7) is 0.888. The van der Waals surface area contributed by atoms with E-state index >= 15 is 0 Å². The minimum Gasteiger partial charge on any atom is -0.319 e. The molecule has 0 bridgehead atoms. The molecule has 0 spiro atoms. The fourth-order valence-electron chi connectivity index (χ4n) is 2.90. The van der Waals surface area contributed by atoms with Gasteiger partial charge >= 0.3 is 6.03 Å². The maximum Gasteiger partial charge on any atom is 0.325 e. The van der Waals surface area contributed by atoms with Crippen LogP contribution in [-0.4, -0.2) is 21.8 Å². The van der Waals surface area contributed by atoms with Gasteiger partial charge in [0.15, 0.2) is 0 Å². The SMILES string of the molecule is C[C@]1(c2cc(F)ccc2F)NC(=O)N(Cc2ccccc2[N+](=O)[O-])C1=O. The van der Waals surface area contributed by atoms with Crippen LogP contribution in [0.15, 0.2) is 42.5 Å². The number of carbonyl (C=O) groups is 2. The average molecular weight is 361 g/mol. The van der Waals surface area contributed by atoms with Gasteiger partial charge in [0.1, 0.15) is 17.2 Å². The van der Waals surface area contributed by atoms with Gasteiger partial charge in [-0.3, -0.25) is 19.8 Å². The van der Waals surface area contributed by atoms with Crippen molar-refractivity contribution in [3.63, 3.8) is 0 Å².